The monoisotopic (exact) mass is 222 g/mol. The minimum Gasteiger partial charge on any atom is -0.336 e. The maximum absolute atomic E-state index is 11.1. The number of hydrogen-bond acceptors (Lipinski definition) is 2. The number of hydrogen-bond donors (Lipinski definition) is 2. The molecule has 0 radical (unpaired) electrons. The molecule has 1 atom stereocenters. The van der Waals surface area contributed by atoms with Gasteiger partial charge in [-0.2, -0.15) is 0 Å². The van der Waals surface area contributed by atoms with E-state index in [4.69, 9.17) is 0 Å². The molecule has 2 N–H and O–H groups in total. The number of benzene rings is 1. The van der Waals surface area contributed by atoms with Crippen LogP contribution in [0.1, 0.15) is 24.0 Å². The fourth-order valence-electron chi connectivity index (χ4n) is 1.47. The topological polar surface area (TPSA) is 50.4 Å². The summed E-state index contributed by atoms with van der Waals surface area (Å²) in [7, 11) is 1.41. The third-order valence-corrected chi connectivity index (χ3v) is 2.37. The molecule has 0 saturated heterocycles. The summed E-state index contributed by atoms with van der Waals surface area (Å²) in [6.07, 6.45) is 0. The Hall–Kier alpha value is -1.55. The van der Waals surface area contributed by atoms with Crippen LogP contribution < -0.4 is 10.8 Å². The molecule has 0 heterocycles. The molecule has 0 aliphatic rings. The van der Waals surface area contributed by atoms with Crippen molar-refractivity contribution in [1.29, 1.82) is 0 Å². The van der Waals surface area contributed by atoms with Crippen LogP contribution in [0.4, 0.5) is 4.79 Å². The van der Waals surface area contributed by atoms with E-state index in [0.29, 0.717) is 6.54 Å². The second-order valence-corrected chi connectivity index (χ2v) is 3.83. The third-order valence-electron chi connectivity index (χ3n) is 2.37. The van der Waals surface area contributed by atoms with Crippen LogP contribution in [0, 0.1) is 6.92 Å². The van der Waals surface area contributed by atoms with Crippen LogP contribution in [-0.4, -0.2) is 19.7 Å². The van der Waals surface area contributed by atoms with Crippen molar-refractivity contribution in [2.45, 2.75) is 19.8 Å². The molecule has 1 rings (SSSR count). The molecule has 0 saturated carbocycles. The van der Waals surface area contributed by atoms with Crippen molar-refractivity contribution < 1.29 is 9.63 Å². The Kier molecular flexibility index (Phi) is 4.79. The Morgan fingerprint density at radius 3 is 2.88 bits per heavy atom. The van der Waals surface area contributed by atoms with Crippen molar-refractivity contribution in [1.82, 2.24) is 10.8 Å². The Balaban J connectivity index is 2.46. The molecular weight excluding hydrogens is 204 g/mol. The van der Waals surface area contributed by atoms with E-state index in [2.05, 4.69) is 47.7 Å². The summed E-state index contributed by atoms with van der Waals surface area (Å²) in [5.41, 5.74) is 4.66. The second kappa shape index (κ2) is 6.12. The van der Waals surface area contributed by atoms with E-state index in [1.807, 2.05) is 6.07 Å². The normalized spacial score (nSPS) is 11.9. The Morgan fingerprint density at radius 2 is 2.25 bits per heavy atom. The quantitative estimate of drug-likeness (QED) is 0.765. The molecule has 88 valence electrons. The minimum atomic E-state index is -0.318. The van der Waals surface area contributed by atoms with Gasteiger partial charge in [0.25, 0.3) is 0 Å². The van der Waals surface area contributed by atoms with Gasteiger partial charge in [0.05, 0.1) is 7.11 Å². The molecule has 2 amide bonds. The zero-order chi connectivity index (χ0) is 12.0. The van der Waals surface area contributed by atoms with E-state index in [-0.39, 0.29) is 11.9 Å². The number of carbonyl (C=O) groups excluding carboxylic acids is 1. The lowest BCUT2D eigenvalue weighted by molar-refractivity contribution is 0.107. The number of nitrogens with one attached hydrogen (secondary N) is 2. The maximum atomic E-state index is 11.1. The zero-order valence-corrected chi connectivity index (χ0v) is 9.91. The molecule has 1 aromatic rings. The van der Waals surface area contributed by atoms with Gasteiger partial charge in [0.15, 0.2) is 0 Å². The van der Waals surface area contributed by atoms with Gasteiger partial charge in [0, 0.05) is 6.54 Å². The molecule has 0 unspecified atom stereocenters. The van der Waals surface area contributed by atoms with Gasteiger partial charge in [-0.1, -0.05) is 36.8 Å². The lowest BCUT2D eigenvalue weighted by Crippen LogP contribution is -2.36. The molecule has 0 spiro atoms. The number of aryl methyl sites for hydroxylation is 1. The molecule has 0 fully saturated rings. The van der Waals surface area contributed by atoms with Crippen molar-refractivity contribution in [3.05, 3.63) is 35.4 Å². The highest BCUT2D eigenvalue weighted by Crippen LogP contribution is 2.15. The largest absolute Gasteiger partial charge is 0.338 e. The maximum Gasteiger partial charge on any atom is 0.338 e. The van der Waals surface area contributed by atoms with E-state index in [9.17, 15) is 4.79 Å². The molecule has 0 aliphatic carbocycles. The van der Waals surface area contributed by atoms with Crippen molar-refractivity contribution in [2.75, 3.05) is 13.7 Å². The van der Waals surface area contributed by atoms with Crippen LogP contribution in [0.2, 0.25) is 0 Å². The standard InChI is InChI=1S/C12H18N2O2/c1-9-5-4-6-11(7-9)10(2)8-13-12(15)14-16-3/h4-7,10H,8H2,1-3H3,(H2,13,14,15)/t10-/m0/s1. The molecule has 0 aromatic heterocycles. The fraction of sp³-hybridized carbons (Fsp3) is 0.417. The van der Waals surface area contributed by atoms with Crippen LogP contribution in [0.5, 0.6) is 0 Å². The van der Waals surface area contributed by atoms with Crippen LogP contribution in [0.25, 0.3) is 0 Å². The summed E-state index contributed by atoms with van der Waals surface area (Å²) in [5, 5.41) is 2.73. The second-order valence-electron chi connectivity index (χ2n) is 3.83. The lowest BCUT2D eigenvalue weighted by atomic mass is 9.99. The van der Waals surface area contributed by atoms with Gasteiger partial charge in [-0.25, -0.2) is 10.3 Å². The van der Waals surface area contributed by atoms with E-state index in [1.165, 1.54) is 18.2 Å². The fourth-order valence-corrected chi connectivity index (χ4v) is 1.47. The van der Waals surface area contributed by atoms with Crippen LogP contribution >= 0.6 is 0 Å². The molecular formula is C12H18N2O2. The highest BCUT2D eigenvalue weighted by molar-refractivity contribution is 5.72. The summed E-state index contributed by atoms with van der Waals surface area (Å²) in [6.45, 7) is 4.71. The lowest BCUT2D eigenvalue weighted by Gasteiger charge is -2.13. The molecule has 16 heavy (non-hydrogen) atoms. The van der Waals surface area contributed by atoms with Crippen LogP contribution in [0.3, 0.4) is 0 Å². The number of urea groups is 1. The first-order valence-corrected chi connectivity index (χ1v) is 5.27. The SMILES string of the molecule is CONC(=O)NC[C@H](C)c1cccc(C)c1. The van der Waals surface area contributed by atoms with E-state index in [0.717, 1.165) is 0 Å². The third kappa shape index (κ3) is 3.90. The van der Waals surface area contributed by atoms with Crippen molar-refractivity contribution in [3.8, 4) is 0 Å². The Bertz CT molecular complexity index is 353. The first kappa shape index (κ1) is 12.5. The molecule has 4 nitrogen and oxygen atoms in total. The van der Waals surface area contributed by atoms with Crippen molar-refractivity contribution >= 4 is 6.03 Å². The van der Waals surface area contributed by atoms with Crippen molar-refractivity contribution in [3.63, 3.8) is 0 Å². The Labute approximate surface area is 95.9 Å². The summed E-state index contributed by atoms with van der Waals surface area (Å²) in [5.74, 6) is 0.280. The van der Waals surface area contributed by atoms with E-state index >= 15 is 0 Å². The summed E-state index contributed by atoms with van der Waals surface area (Å²) in [6, 6.07) is 7.95. The average Bonchev–Trinajstić information content (AvgIpc) is 2.26. The molecule has 0 aliphatic heterocycles. The summed E-state index contributed by atoms with van der Waals surface area (Å²) >= 11 is 0. The van der Waals surface area contributed by atoms with Gasteiger partial charge >= 0.3 is 6.03 Å². The zero-order valence-electron chi connectivity index (χ0n) is 9.91. The summed E-state index contributed by atoms with van der Waals surface area (Å²) < 4.78 is 0. The number of carbonyl (C=O) groups is 1. The van der Waals surface area contributed by atoms with E-state index < -0.39 is 0 Å². The predicted molar refractivity (Wildman–Crippen MR) is 63.1 cm³/mol. The smallest absolute Gasteiger partial charge is 0.336 e. The Morgan fingerprint density at radius 1 is 1.50 bits per heavy atom. The van der Waals surface area contributed by atoms with Crippen LogP contribution in [0.15, 0.2) is 24.3 Å². The highest BCUT2D eigenvalue weighted by Gasteiger charge is 2.07. The van der Waals surface area contributed by atoms with Gasteiger partial charge in [0.2, 0.25) is 0 Å². The summed E-state index contributed by atoms with van der Waals surface area (Å²) in [4.78, 5) is 15.6. The first-order chi connectivity index (χ1) is 7.63. The van der Waals surface area contributed by atoms with Crippen molar-refractivity contribution in [2.24, 2.45) is 0 Å². The van der Waals surface area contributed by atoms with Crippen LogP contribution in [-0.2, 0) is 4.84 Å². The van der Waals surface area contributed by atoms with E-state index in [1.54, 1.807) is 0 Å². The highest BCUT2D eigenvalue weighted by atomic mass is 16.6. The van der Waals surface area contributed by atoms with Gasteiger partial charge < -0.3 is 5.32 Å². The number of amides is 2. The average molecular weight is 222 g/mol. The molecule has 1 aromatic carbocycles. The first-order valence-electron chi connectivity index (χ1n) is 5.27. The van der Waals surface area contributed by atoms with Gasteiger partial charge in [-0.15, -0.1) is 0 Å². The van der Waals surface area contributed by atoms with Gasteiger partial charge in [-0.3, -0.25) is 4.84 Å². The minimum absolute atomic E-state index is 0.280. The van der Waals surface area contributed by atoms with Gasteiger partial charge in [0.1, 0.15) is 0 Å². The molecule has 4 heteroatoms. The number of hydroxylamine groups is 1. The predicted octanol–water partition coefficient (Wildman–Crippen LogP) is 1.96. The van der Waals surface area contributed by atoms with Gasteiger partial charge in [-0.05, 0) is 18.4 Å². The molecule has 0 bridgehead atoms. The number of rotatable bonds is 4.